The van der Waals surface area contributed by atoms with Gasteiger partial charge in [0.1, 0.15) is 0 Å². The smallest absolute Gasteiger partial charge is 0.246 e. The van der Waals surface area contributed by atoms with Gasteiger partial charge >= 0.3 is 0 Å². The molecule has 234 valence electrons. The molecule has 4 aliphatic heterocycles. The van der Waals surface area contributed by atoms with Crippen molar-refractivity contribution in [2.75, 3.05) is 52.7 Å². The Bertz CT molecular complexity index is 1010. The molecule has 9 unspecified atom stereocenters. The van der Waals surface area contributed by atoms with Crippen molar-refractivity contribution in [2.45, 2.75) is 106 Å². The van der Waals surface area contributed by atoms with Crippen LogP contribution >= 0.6 is 11.8 Å². The van der Waals surface area contributed by atoms with Crippen molar-refractivity contribution in [3.8, 4) is 6.07 Å². The summed E-state index contributed by atoms with van der Waals surface area (Å²) in [4.78, 5) is 19.4. The van der Waals surface area contributed by atoms with Crippen LogP contribution in [0.25, 0.3) is 0 Å². The minimum atomic E-state index is -0.203. The first kappa shape index (κ1) is 30.8. The van der Waals surface area contributed by atoms with Crippen molar-refractivity contribution in [3.05, 3.63) is 12.7 Å². The van der Waals surface area contributed by atoms with Crippen LogP contribution in [0.15, 0.2) is 12.7 Å². The van der Waals surface area contributed by atoms with Crippen LogP contribution in [-0.4, -0.2) is 115 Å². The van der Waals surface area contributed by atoms with E-state index in [1.54, 1.807) is 0 Å². The molecule has 4 heterocycles. The fourth-order valence-electron chi connectivity index (χ4n) is 9.26. The molecule has 0 radical (unpaired) electrons. The van der Waals surface area contributed by atoms with Gasteiger partial charge in [0.25, 0.3) is 0 Å². The molecule has 0 aromatic carbocycles. The van der Waals surface area contributed by atoms with Crippen molar-refractivity contribution < 1.29 is 14.3 Å². The monoisotopic (exact) mass is 600 g/mol. The van der Waals surface area contributed by atoms with E-state index in [0.29, 0.717) is 54.3 Å². The van der Waals surface area contributed by atoms with Gasteiger partial charge in [0.15, 0.2) is 6.35 Å². The quantitative estimate of drug-likeness (QED) is 0.428. The Morgan fingerprint density at radius 2 is 2.00 bits per heavy atom. The third-order valence-corrected chi connectivity index (χ3v) is 13.4. The van der Waals surface area contributed by atoms with Gasteiger partial charge in [0, 0.05) is 49.5 Å². The Kier molecular flexibility index (Phi) is 9.86. The van der Waals surface area contributed by atoms with Crippen LogP contribution in [-0.2, 0) is 14.3 Å². The average molecular weight is 601 g/mol. The number of carbonyl (C=O) groups is 1. The van der Waals surface area contributed by atoms with Gasteiger partial charge in [0.05, 0.1) is 37.4 Å². The zero-order chi connectivity index (χ0) is 29.3. The molecule has 2 aliphatic carbocycles. The molecule has 6 rings (SSSR count). The summed E-state index contributed by atoms with van der Waals surface area (Å²) in [5.74, 6) is 3.14. The Hall–Kier alpha value is -1.19. The Balaban J connectivity index is 1.19. The molecule has 2 saturated carbocycles. The van der Waals surface area contributed by atoms with Crippen LogP contribution in [0, 0.1) is 29.1 Å². The van der Waals surface area contributed by atoms with Gasteiger partial charge in [-0.1, -0.05) is 13.0 Å². The number of nitrogens with zero attached hydrogens (tertiary/aromatic N) is 4. The number of nitriles is 1. The van der Waals surface area contributed by atoms with Crippen molar-refractivity contribution in [1.82, 2.24) is 25.3 Å². The zero-order valence-electron chi connectivity index (χ0n) is 25.7. The van der Waals surface area contributed by atoms with Gasteiger partial charge in [0.2, 0.25) is 5.91 Å². The summed E-state index contributed by atoms with van der Waals surface area (Å²) in [7, 11) is 4.13. The van der Waals surface area contributed by atoms with E-state index < -0.39 is 0 Å². The summed E-state index contributed by atoms with van der Waals surface area (Å²) >= 11 is 2.26. The summed E-state index contributed by atoms with van der Waals surface area (Å²) in [5, 5.41) is 17.4. The van der Waals surface area contributed by atoms with E-state index in [9.17, 15) is 10.1 Å². The molecule has 10 atom stereocenters. The van der Waals surface area contributed by atoms with Crippen LogP contribution < -0.4 is 10.6 Å². The highest BCUT2D eigenvalue weighted by Crippen LogP contribution is 2.55. The van der Waals surface area contributed by atoms with Crippen molar-refractivity contribution >= 4 is 17.7 Å². The molecule has 6 fully saturated rings. The highest BCUT2D eigenvalue weighted by atomic mass is 32.2. The average Bonchev–Trinajstić information content (AvgIpc) is 3.43. The maximum Gasteiger partial charge on any atom is 0.246 e. The second-order valence-corrected chi connectivity index (χ2v) is 15.3. The lowest BCUT2D eigenvalue weighted by Crippen LogP contribution is -2.73. The number of rotatable bonds is 7. The number of methoxy groups -OCH3 is 1. The number of carbonyl (C=O) groups excluding carboxylic acids is 1. The molecule has 0 bridgehead atoms. The first-order valence-electron chi connectivity index (χ1n) is 16.5. The minimum Gasteiger partial charge on any atom is -0.381 e. The maximum atomic E-state index is 12.6. The van der Waals surface area contributed by atoms with Crippen molar-refractivity contribution in [1.29, 1.82) is 5.26 Å². The van der Waals surface area contributed by atoms with E-state index in [-0.39, 0.29) is 24.5 Å². The molecule has 1 spiro atoms. The van der Waals surface area contributed by atoms with Crippen LogP contribution in [0.2, 0.25) is 0 Å². The van der Waals surface area contributed by atoms with Crippen molar-refractivity contribution in [2.24, 2.45) is 17.8 Å². The highest BCUT2D eigenvalue weighted by molar-refractivity contribution is 8.00. The third-order valence-electron chi connectivity index (χ3n) is 11.6. The molecule has 0 aromatic rings. The fourth-order valence-corrected chi connectivity index (χ4v) is 11.1. The van der Waals surface area contributed by atoms with Gasteiger partial charge in [-0.15, -0.1) is 0 Å². The van der Waals surface area contributed by atoms with Gasteiger partial charge in [-0.05, 0) is 88.6 Å². The molecule has 0 aromatic heterocycles. The number of thioether (sulfide) groups is 1. The standard InChI is InChI=1S/C32H52N6O3S/c1-4-29(39)38-16-15-37(19-23(38)11-13-33)30-25-10-12-32(17-26-22(21-42-32)7-5-9-28(26)40-3)18-27(25)34-31(35-30)41-20-24-8-6-14-36(24)2/h4,22-28,30-31,34-35H,1,5-12,14-21H2,2-3H3/t22?,23?,24?,25?,26?,27?,28?,30?,31?,32-/m0/s1. The van der Waals surface area contributed by atoms with E-state index >= 15 is 0 Å². The lowest BCUT2D eigenvalue weighted by Gasteiger charge is -2.57. The van der Waals surface area contributed by atoms with Gasteiger partial charge in [-0.25, -0.2) is 0 Å². The van der Waals surface area contributed by atoms with E-state index in [1.165, 1.54) is 69.6 Å². The number of fused-ring (bicyclic) bond motifs is 2. The number of likely N-dealkylation sites (tertiary alicyclic amines) is 1. The molecule has 1 amide bonds. The SMILES string of the molecule is C=CC(=O)N1CCN(C2NC(OCC3CCCN3C)NC3C[C@]4(CCC32)CC2C(CCCC2OC)CS4)CC1CC#N. The molecule has 6 aliphatic rings. The number of likely N-dealkylation sites (N-methyl/N-ethyl adjacent to an activating group) is 1. The van der Waals surface area contributed by atoms with E-state index in [2.05, 4.69) is 51.9 Å². The highest BCUT2D eigenvalue weighted by Gasteiger charge is 2.53. The Morgan fingerprint density at radius 3 is 2.76 bits per heavy atom. The van der Waals surface area contributed by atoms with Crippen molar-refractivity contribution in [3.63, 3.8) is 0 Å². The largest absolute Gasteiger partial charge is 0.381 e. The van der Waals surface area contributed by atoms with E-state index in [4.69, 9.17) is 9.47 Å². The lowest BCUT2D eigenvalue weighted by molar-refractivity contribution is -0.136. The Morgan fingerprint density at radius 1 is 1.12 bits per heavy atom. The fraction of sp³-hybridized carbons (Fsp3) is 0.875. The van der Waals surface area contributed by atoms with E-state index in [0.717, 1.165) is 25.6 Å². The summed E-state index contributed by atoms with van der Waals surface area (Å²) in [6.45, 7) is 7.69. The van der Waals surface area contributed by atoms with Crippen LogP contribution in [0.3, 0.4) is 0 Å². The summed E-state index contributed by atoms with van der Waals surface area (Å²) in [6.07, 6.45) is 13.3. The number of amides is 1. The number of hydrogen-bond donors (Lipinski definition) is 2. The normalized spacial score (nSPS) is 43.0. The second-order valence-electron chi connectivity index (χ2n) is 13.9. The van der Waals surface area contributed by atoms with Crippen LogP contribution in [0.4, 0.5) is 0 Å². The second kappa shape index (κ2) is 13.4. The van der Waals surface area contributed by atoms with Gasteiger partial charge in [-0.3, -0.25) is 20.3 Å². The molecule has 4 saturated heterocycles. The molecule has 2 N–H and O–H groups in total. The molecule has 10 heteroatoms. The van der Waals surface area contributed by atoms with E-state index in [1.807, 2.05) is 12.0 Å². The van der Waals surface area contributed by atoms with Gasteiger partial charge < -0.3 is 19.3 Å². The lowest BCUT2D eigenvalue weighted by atomic mass is 9.67. The molecule has 42 heavy (non-hydrogen) atoms. The van der Waals surface area contributed by atoms with Gasteiger partial charge in [-0.2, -0.15) is 17.0 Å². The third kappa shape index (κ3) is 6.30. The summed E-state index contributed by atoms with van der Waals surface area (Å²) in [5.41, 5.74) is 0. The Labute approximate surface area is 257 Å². The van der Waals surface area contributed by atoms with Crippen LogP contribution in [0.1, 0.15) is 64.2 Å². The number of piperazine rings is 1. The number of nitrogens with one attached hydrogen (secondary N) is 2. The first-order valence-corrected chi connectivity index (χ1v) is 17.5. The molecular formula is C32H52N6O3S. The number of ether oxygens (including phenoxy) is 2. The summed E-state index contributed by atoms with van der Waals surface area (Å²) in [6, 6.07) is 3.05. The minimum absolute atomic E-state index is 0.0720. The maximum absolute atomic E-state index is 12.6. The predicted molar refractivity (Wildman–Crippen MR) is 166 cm³/mol. The number of hydrogen-bond acceptors (Lipinski definition) is 9. The molecular weight excluding hydrogens is 548 g/mol. The first-order chi connectivity index (χ1) is 20.4. The summed E-state index contributed by atoms with van der Waals surface area (Å²) < 4.78 is 13.0. The zero-order valence-corrected chi connectivity index (χ0v) is 26.5. The predicted octanol–water partition coefficient (Wildman–Crippen LogP) is 2.99. The molecule has 9 nitrogen and oxygen atoms in total. The topological polar surface area (TPSA) is 93.1 Å². The van der Waals surface area contributed by atoms with Crippen LogP contribution in [0.5, 0.6) is 0 Å².